The fourth-order valence-electron chi connectivity index (χ4n) is 2.60. The molecule has 1 aliphatic rings. The second kappa shape index (κ2) is 6.85. The van der Waals surface area contributed by atoms with Gasteiger partial charge in [0.15, 0.2) is 0 Å². The number of halogens is 2. The first kappa shape index (κ1) is 15.7. The zero-order valence-corrected chi connectivity index (χ0v) is 12.2. The predicted octanol–water partition coefficient (Wildman–Crippen LogP) is 2.39. The highest BCUT2D eigenvalue weighted by Crippen LogP contribution is 2.26. The number of piperidine rings is 1. The Kier molecular flexibility index (Phi) is 5.12. The van der Waals surface area contributed by atoms with E-state index < -0.39 is 6.61 Å². The molecule has 4 nitrogen and oxygen atoms in total. The van der Waals surface area contributed by atoms with Crippen LogP contribution >= 0.6 is 0 Å². The Morgan fingerprint density at radius 2 is 2.05 bits per heavy atom. The molecule has 0 aliphatic carbocycles. The number of aryl methyl sites for hydroxylation is 2. The molecule has 0 unspecified atom stereocenters. The van der Waals surface area contributed by atoms with Crippen molar-refractivity contribution in [2.75, 3.05) is 13.1 Å². The third-order valence-corrected chi connectivity index (χ3v) is 3.56. The Labute approximate surface area is 122 Å². The molecule has 0 spiro atoms. The predicted molar refractivity (Wildman–Crippen MR) is 75.9 cm³/mol. The van der Waals surface area contributed by atoms with Gasteiger partial charge in [0.25, 0.3) is 5.91 Å². The molecule has 0 saturated carbocycles. The number of ether oxygens (including phenoxy) is 1. The van der Waals surface area contributed by atoms with Crippen molar-refractivity contribution < 1.29 is 18.3 Å². The third-order valence-electron chi connectivity index (χ3n) is 3.56. The quantitative estimate of drug-likeness (QED) is 0.897. The van der Waals surface area contributed by atoms with E-state index in [4.69, 9.17) is 0 Å². The molecule has 21 heavy (non-hydrogen) atoms. The average molecular weight is 298 g/mol. The van der Waals surface area contributed by atoms with Crippen LogP contribution in [0.3, 0.4) is 0 Å². The summed E-state index contributed by atoms with van der Waals surface area (Å²) in [7, 11) is 0. The molecule has 1 heterocycles. The largest absolute Gasteiger partial charge is 0.434 e. The molecular formula is C15H20F2N2O2. The van der Waals surface area contributed by atoms with Crippen LogP contribution < -0.4 is 15.4 Å². The van der Waals surface area contributed by atoms with Crippen LogP contribution in [0.4, 0.5) is 8.78 Å². The molecule has 116 valence electrons. The van der Waals surface area contributed by atoms with Gasteiger partial charge in [-0.1, -0.05) is 0 Å². The van der Waals surface area contributed by atoms with Gasteiger partial charge in [-0.05, 0) is 56.5 Å². The molecule has 1 aromatic rings. The van der Waals surface area contributed by atoms with Crippen LogP contribution in [0.25, 0.3) is 0 Å². The molecule has 1 atom stereocenters. The molecular weight excluding hydrogens is 278 g/mol. The molecule has 1 fully saturated rings. The molecule has 1 aliphatic heterocycles. The van der Waals surface area contributed by atoms with Crippen molar-refractivity contribution in [1.82, 2.24) is 10.6 Å². The van der Waals surface area contributed by atoms with Gasteiger partial charge in [0.1, 0.15) is 5.75 Å². The van der Waals surface area contributed by atoms with Crippen molar-refractivity contribution in [2.45, 2.75) is 39.3 Å². The molecule has 2 rings (SSSR count). The number of rotatable bonds is 4. The maximum absolute atomic E-state index is 12.3. The lowest BCUT2D eigenvalue weighted by Gasteiger charge is -2.24. The van der Waals surface area contributed by atoms with Crippen LogP contribution in [0.5, 0.6) is 5.75 Å². The van der Waals surface area contributed by atoms with E-state index in [0.717, 1.165) is 25.9 Å². The van der Waals surface area contributed by atoms with E-state index in [1.807, 2.05) is 0 Å². The van der Waals surface area contributed by atoms with Gasteiger partial charge in [0.2, 0.25) is 0 Å². The van der Waals surface area contributed by atoms with E-state index >= 15 is 0 Å². The van der Waals surface area contributed by atoms with E-state index in [-0.39, 0.29) is 17.7 Å². The second-order valence-corrected chi connectivity index (χ2v) is 5.33. The van der Waals surface area contributed by atoms with Gasteiger partial charge in [-0.3, -0.25) is 4.79 Å². The number of carbonyl (C=O) groups is 1. The summed E-state index contributed by atoms with van der Waals surface area (Å²) in [4.78, 5) is 12.2. The number of hydrogen-bond acceptors (Lipinski definition) is 3. The Balaban J connectivity index is 2.10. The van der Waals surface area contributed by atoms with Crippen LogP contribution in [-0.4, -0.2) is 31.7 Å². The Hall–Kier alpha value is -1.69. The van der Waals surface area contributed by atoms with Crippen molar-refractivity contribution in [3.8, 4) is 5.75 Å². The van der Waals surface area contributed by atoms with E-state index in [1.165, 1.54) is 0 Å². The average Bonchev–Trinajstić information content (AvgIpc) is 2.43. The smallest absolute Gasteiger partial charge is 0.387 e. The summed E-state index contributed by atoms with van der Waals surface area (Å²) in [6.07, 6.45) is 1.98. The summed E-state index contributed by atoms with van der Waals surface area (Å²) in [6.45, 7) is 2.18. The maximum Gasteiger partial charge on any atom is 0.387 e. The first-order valence-corrected chi connectivity index (χ1v) is 7.05. The monoisotopic (exact) mass is 298 g/mol. The summed E-state index contributed by atoms with van der Waals surface area (Å²) in [5.41, 5.74) is 1.53. The van der Waals surface area contributed by atoms with Crippen molar-refractivity contribution in [3.05, 3.63) is 28.8 Å². The minimum atomic E-state index is -2.87. The molecule has 1 saturated heterocycles. The number of benzene rings is 1. The fourth-order valence-corrected chi connectivity index (χ4v) is 2.60. The van der Waals surface area contributed by atoms with Crippen LogP contribution in [0.1, 0.15) is 34.3 Å². The zero-order chi connectivity index (χ0) is 15.4. The Morgan fingerprint density at radius 3 is 2.57 bits per heavy atom. The van der Waals surface area contributed by atoms with Crippen molar-refractivity contribution in [2.24, 2.45) is 0 Å². The highest BCUT2D eigenvalue weighted by molar-refractivity contribution is 5.95. The lowest BCUT2D eigenvalue weighted by molar-refractivity contribution is -0.0507. The fraction of sp³-hybridized carbons (Fsp3) is 0.533. The van der Waals surface area contributed by atoms with E-state index in [2.05, 4.69) is 15.4 Å². The molecule has 1 amide bonds. The molecule has 2 N–H and O–H groups in total. The minimum absolute atomic E-state index is 0.115. The van der Waals surface area contributed by atoms with Gasteiger partial charge in [0.05, 0.1) is 0 Å². The number of alkyl halides is 2. The van der Waals surface area contributed by atoms with Gasteiger partial charge in [-0.25, -0.2) is 0 Å². The topological polar surface area (TPSA) is 50.4 Å². The van der Waals surface area contributed by atoms with Gasteiger partial charge in [-0.2, -0.15) is 8.78 Å². The highest BCUT2D eigenvalue weighted by Gasteiger charge is 2.18. The third kappa shape index (κ3) is 4.14. The summed E-state index contributed by atoms with van der Waals surface area (Å²) in [6, 6.07) is 3.27. The van der Waals surface area contributed by atoms with Crippen LogP contribution in [-0.2, 0) is 0 Å². The standard InChI is InChI=1S/C15H20F2N2O2/c1-9-6-11(7-10(2)13(9)21-15(16)17)14(20)19-12-4-3-5-18-8-12/h6-7,12,15,18H,3-5,8H2,1-2H3,(H,19,20)/t12-/m0/s1. The van der Waals surface area contributed by atoms with Gasteiger partial charge < -0.3 is 15.4 Å². The number of hydrogen-bond donors (Lipinski definition) is 2. The van der Waals surface area contributed by atoms with Gasteiger partial charge in [0, 0.05) is 18.2 Å². The van der Waals surface area contributed by atoms with E-state index in [9.17, 15) is 13.6 Å². The van der Waals surface area contributed by atoms with Crippen molar-refractivity contribution in [3.63, 3.8) is 0 Å². The van der Waals surface area contributed by atoms with Crippen molar-refractivity contribution >= 4 is 5.91 Å². The number of carbonyl (C=O) groups excluding carboxylic acids is 1. The lowest BCUT2D eigenvalue weighted by atomic mass is 10.0. The van der Waals surface area contributed by atoms with E-state index in [0.29, 0.717) is 16.7 Å². The van der Waals surface area contributed by atoms with Crippen LogP contribution in [0.2, 0.25) is 0 Å². The SMILES string of the molecule is Cc1cc(C(=O)N[C@H]2CCCNC2)cc(C)c1OC(F)F. The highest BCUT2D eigenvalue weighted by atomic mass is 19.3. The first-order valence-electron chi connectivity index (χ1n) is 7.05. The van der Waals surface area contributed by atoms with Crippen LogP contribution in [0, 0.1) is 13.8 Å². The molecule has 6 heteroatoms. The Bertz CT molecular complexity index is 491. The normalized spacial score (nSPS) is 18.6. The van der Waals surface area contributed by atoms with Gasteiger partial charge >= 0.3 is 6.61 Å². The molecule has 0 radical (unpaired) electrons. The zero-order valence-electron chi connectivity index (χ0n) is 12.2. The summed E-state index contributed by atoms with van der Waals surface area (Å²) in [5, 5.41) is 6.19. The summed E-state index contributed by atoms with van der Waals surface area (Å²) in [5.74, 6) is -0.0422. The summed E-state index contributed by atoms with van der Waals surface area (Å²) < 4.78 is 29.2. The summed E-state index contributed by atoms with van der Waals surface area (Å²) >= 11 is 0. The number of nitrogens with one attached hydrogen (secondary N) is 2. The van der Waals surface area contributed by atoms with Gasteiger partial charge in [-0.15, -0.1) is 0 Å². The minimum Gasteiger partial charge on any atom is -0.434 e. The van der Waals surface area contributed by atoms with Crippen LogP contribution in [0.15, 0.2) is 12.1 Å². The first-order chi connectivity index (χ1) is 9.97. The maximum atomic E-state index is 12.3. The van der Waals surface area contributed by atoms with E-state index in [1.54, 1.807) is 26.0 Å². The van der Waals surface area contributed by atoms with Crippen molar-refractivity contribution in [1.29, 1.82) is 0 Å². The molecule has 0 aromatic heterocycles. The molecule has 1 aromatic carbocycles. The lowest BCUT2D eigenvalue weighted by Crippen LogP contribution is -2.45. The Morgan fingerprint density at radius 1 is 1.38 bits per heavy atom. The molecule has 0 bridgehead atoms. The second-order valence-electron chi connectivity index (χ2n) is 5.33. The number of amides is 1.